The van der Waals surface area contributed by atoms with Crippen LogP contribution in [0.3, 0.4) is 0 Å². The Bertz CT molecular complexity index is 651. The number of amides is 1. The van der Waals surface area contributed by atoms with E-state index in [1.54, 1.807) is 12.1 Å². The summed E-state index contributed by atoms with van der Waals surface area (Å²) in [5.41, 5.74) is 8.48. The standard InChI is InChI=1S/C18H20N2O2/c1-2-20-18(21)11-9-14-8-10-17(16(19)12-14)22-13-15-6-4-3-5-7-15/h3-12H,2,13,19H2,1H3,(H,20,21)/b11-9-. The van der Waals surface area contributed by atoms with Crippen molar-refractivity contribution < 1.29 is 9.53 Å². The smallest absolute Gasteiger partial charge is 0.243 e. The number of hydrogen-bond acceptors (Lipinski definition) is 3. The lowest BCUT2D eigenvalue weighted by molar-refractivity contribution is -0.116. The number of rotatable bonds is 6. The van der Waals surface area contributed by atoms with Crippen LogP contribution in [0.4, 0.5) is 5.69 Å². The van der Waals surface area contributed by atoms with Gasteiger partial charge in [-0.25, -0.2) is 0 Å². The molecule has 0 aliphatic rings. The van der Waals surface area contributed by atoms with Gasteiger partial charge in [0.15, 0.2) is 0 Å². The predicted molar refractivity (Wildman–Crippen MR) is 89.3 cm³/mol. The molecule has 0 aliphatic heterocycles. The fourth-order valence-electron chi connectivity index (χ4n) is 1.94. The van der Waals surface area contributed by atoms with Gasteiger partial charge in [0.2, 0.25) is 5.91 Å². The molecule has 3 N–H and O–H groups in total. The van der Waals surface area contributed by atoms with Crippen molar-refractivity contribution in [3.63, 3.8) is 0 Å². The largest absolute Gasteiger partial charge is 0.487 e. The molecule has 0 heterocycles. The number of nitrogens with one attached hydrogen (secondary N) is 1. The minimum absolute atomic E-state index is 0.120. The van der Waals surface area contributed by atoms with Gasteiger partial charge in [0.25, 0.3) is 0 Å². The molecule has 2 aromatic carbocycles. The average Bonchev–Trinajstić information content (AvgIpc) is 2.53. The van der Waals surface area contributed by atoms with Crippen molar-refractivity contribution in [3.8, 4) is 5.75 Å². The molecule has 4 heteroatoms. The molecule has 0 saturated carbocycles. The monoisotopic (exact) mass is 296 g/mol. The molecule has 0 bridgehead atoms. The zero-order valence-electron chi connectivity index (χ0n) is 12.6. The number of carbonyl (C=O) groups is 1. The van der Waals surface area contributed by atoms with E-state index in [1.165, 1.54) is 6.08 Å². The summed E-state index contributed by atoms with van der Waals surface area (Å²) in [6, 6.07) is 15.4. The van der Waals surface area contributed by atoms with Crippen molar-refractivity contribution in [1.29, 1.82) is 0 Å². The fourth-order valence-corrected chi connectivity index (χ4v) is 1.94. The van der Waals surface area contributed by atoms with E-state index in [1.807, 2.05) is 49.4 Å². The van der Waals surface area contributed by atoms with E-state index in [-0.39, 0.29) is 5.91 Å². The van der Waals surface area contributed by atoms with Crippen molar-refractivity contribution in [3.05, 3.63) is 65.7 Å². The van der Waals surface area contributed by atoms with Crippen LogP contribution in [0, 0.1) is 0 Å². The molecule has 4 nitrogen and oxygen atoms in total. The maximum atomic E-state index is 11.4. The second kappa shape index (κ2) is 7.88. The third-order valence-electron chi connectivity index (χ3n) is 3.05. The molecule has 0 fully saturated rings. The molecular weight excluding hydrogens is 276 g/mol. The molecule has 0 atom stereocenters. The zero-order chi connectivity index (χ0) is 15.8. The van der Waals surface area contributed by atoms with Crippen LogP contribution in [0.25, 0.3) is 6.08 Å². The Labute approximate surface area is 130 Å². The molecule has 0 unspecified atom stereocenters. The highest BCUT2D eigenvalue weighted by molar-refractivity contribution is 5.91. The van der Waals surface area contributed by atoms with Crippen molar-refractivity contribution >= 4 is 17.7 Å². The number of likely N-dealkylation sites (N-methyl/N-ethyl adjacent to an activating group) is 1. The van der Waals surface area contributed by atoms with Crippen LogP contribution in [0.5, 0.6) is 5.75 Å². The van der Waals surface area contributed by atoms with Gasteiger partial charge in [-0.2, -0.15) is 0 Å². The normalized spacial score (nSPS) is 10.6. The Morgan fingerprint density at radius 3 is 2.68 bits per heavy atom. The number of benzene rings is 2. The minimum atomic E-state index is -0.120. The van der Waals surface area contributed by atoms with E-state index in [0.29, 0.717) is 24.6 Å². The van der Waals surface area contributed by atoms with Crippen LogP contribution in [0.15, 0.2) is 54.6 Å². The second-order valence-corrected chi connectivity index (χ2v) is 4.80. The zero-order valence-corrected chi connectivity index (χ0v) is 12.6. The minimum Gasteiger partial charge on any atom is -0.487 e. The summed E-state index contributed by atoms with van der Waals surface area (Å²) in [5.74, 6) is 0.518. The molecule has 22 heavy (non-hydrogen) atoms. The van der Waals surface area contributed by atoms with Crippen LogP contribution >= 0.6 is 0 Å². The Hall–Kier alpha value is -2.75. The SMILES string of the molecule is CCNC(=O)/C=C\c1ccc(OCc2ccccc2)c(N)c1. The number of nitrogen functional groups attached to an aromatic ring is 1. The van der Waals surface area contributed by atoms with Crippen LogP contribution in [-0.2, 0) is 11.4 Å². The molecule has 2 rings (SSSR count). The number of hydrogen-bond donors (Lipinski definition) is 2. The van der Waals surface area contributed by atoms with Gasteiger partial charge in [-0.3, -0.25) is 4.79 Å². The number of carbonyl (C=O) groups excluding carboxylic acids is 1. The van der Waals surface area contributed by atoms with Gasteiger partial charge in [-0.05, 0) is 36.3 Å². The summed E-state index contributed by atoms with van der Waals surface area (Å²) in [6.45, 7) is 2.96. The molecule has 0 spiro atoms. The summed E-state index contributed by atoms with van der Waals surface area (Å²) in [7, 11) is 0. The van der Waals surface area contributed by atoms with Crippen LogP contribution in [-0.4, -0.2) is 12.5 Å². The predicted octanol–water partition coefficient (Wildman–Crippen LogP) is 3.00. The first-order valence-corrected chi connectivity index (χ1v) is 7.21. The quantitative estimate of drug-likeness (QED) is 0.636. The van der Waals surface area contributed by atoms with Crippen LogP contribution < -0.4 is 15.8 Å². The average molecular weight is 296 g/mol. The van der Waals surface area contributed by atoms with E-state index < -0.39 is 0 Å². The molecule has 114 valence electrons. The summed E-state index contributed by atoms with van der Waals surface area (Å²) in [5, 5.41) is 2.70. The Kier molecular flexibility index (Phi) is 5.60. The van der Waals surface area contributed by atoms with E-state index >= 15 is 0 Å². The fraction of sp³-hybridized carbons (Fsp3) is 0.167. The molecule has 2 aromatic rings. The first-order valence-electron chi connectivity index (χ1n) is 7.21. The van der Waals surface area contributed by atoms with Gasteiger partial charge in [0.1, 0.15) is 12.4 Å². The molecule has 0 saturated heterocycles. The van der Waals surface area contributed by atoms with E-state index in [4.69, 9.17) is 10.5 Å². The first-order chi connectivity index (χ1) is 10.7. The van der Waals surface area contributed by atoms with Crippen molar-refractivity contribution in [1.82, 2.24) is 5.32 Å². The van der Waals surface area contributed by atoms with Gasteiger partial charge in [0.05, 0.1) is 5.69 Å². The molecule has 0 aliphatic carbocycles. The topological polar surface area (TPSA) is 64.3 Å². The lowest BCUT2D eigenvalue weighted by atomic mass is 10.1. The van der Waals surface area contributed by atoms with Crippen LogP contribution in [0.2, 0.25) is 0 Å². The lowest BCUT2D eigenvalue weighted by Crippen LogP contribution is -2.19. The van der Waals surface area contributed by atoms with Crippen molar-refractivity contribution in [2.45, 2.75) is 13.5 Å². The molecule has 0 radical (unpaired) electrons. The highest BCUT2D eigenvalue weighted by atomic mass is 16.5. The van der Waals surface area contributed by atoms with E-state index in [2.05, 4.69) is 5.32 Å². The first kappa shape index (κ1) is 15.6. The maximum Gasteiger partial charge on any atom is 0.243 e. The lowest BCUT2D eigenvalue weighted by Gasteiger charge is -2.09. The molecule has 1 amide bonds. The highest BCUT2D eigenvalue weighted by Gasteiger charge is 2.02. The molecule has 0 aromatic heterocycles. The van der Waals surface area contributed by atoms with Crippen LogP contribution in [0.1, 0.15) is 18.1 Å². The van der Waals surface area contributed by atoms with Crippen molar-refractivity contribution in [2.24, 2.45) is 0 Å². The Morgan fingerprint density at radius 2 is 2.00 bits per heavy atom. The number of nitrogens with two attached hydrogens (primary N) is 1. The summed E-state index contributed by atoms with van der Waals surface area (Å²) >= 11 is 0. The van der Waals surface area contributed by atoms with Gasteiger partial charge in [-0.1, -0.05) is 36.4 Å². The van der Waals surface area contributed by atoms with Gasteiger partial charge < -0.3 is 15.8 Å². The van der Waals surface area contributed by atoms with Gasteiger partial charge in [-0.15, -0.1) is 0 Å². The number of anilines is 1. The van der Waals surface area contributed by atoms with Gasteiger partial charge in [0, 0.05) is 12.6 Å². The third-order valence-corrected chi connectivity index (χ3v) is 3.05. The Morgan fingerprint density at radius 1 is 1.23 bits per heavy atom. The van der Waals surface area contributed by atoms with Gasteiger partial charge >= 0.3 is 0 Å². The molecular formula is C18H20N2O2. The maximum absolute atomic E-state index is 11.4. The summed E-state index contributed by atoms with van der Waals surface area (Å²) in [4.78, 5) is 11.4. The number of ether oxygens (including phenoxy) is 1. The Balaban J connectivity index is 1.99. The third kappa shape index (κ3) is 4.66. The second-order valence-electron chi connectivity index (χ2n) is 4.80. The van der Waals surface area contributed by atoms with E-state index in [0.717, 1.165) is 11.1 Å². The van der Waals surface area contributed by atoms with E-state index in [9.17, 15) is 4.79 Å². The summed E-state index contributed by atoms with van der Waals surface area (Å²) in [6.07, 6.45) is 3.21. The summed E-state index contributed by atoms with van der Waals surface area (Å²) < 4.78 is 5.71. The van der Waals surface area contributed by atoms with Crippen molar-refractivity contribution in [2.75, 3.05) is 12.3 Å². The highest BCUT2D eigenvalue weighted by Crippen LogP contribution is 2.24.